The van der Waals surface area contributed by atoms with E-state index in [1.807, 2.05) is 0 Å². The second-order valence-corrected chi connectivity index (χ2v) is 6.00. The molecule has 0 aromatic carbocycles. The van der Waals surface area contributed by atoms with Crippen molar-refractivity contribution in [3.63, 3.8) is 0 Å². The molecule has 2 nitrogen and oxygen atoms in total. The number of fused-ring (bicyclic) bond motifs is 1. The van der Waals surface area contributed by atoms with Gasteiger partial charge >= 0.3 is 0 Å². The van der Waals surface area contributed by atoms with Gasteiger partial charge in [-0.1, -0.05) is 12.8 Å². The maximum absolute atomic E-state index is 3.42. The Morgan fingerprint density at radius 1 is 1.20 bits per heavy atom. The number of hydrogen-bond donors (Lipinski definition) is 1. The van der Waals surface area contributed by atoms with Crippen LogP contribution in [0.25, 0.3) is 0 Å². The highest BCUT2D eigenvalue weighted by atomic mass is 15.2. The Bertz CT molecular complexity index is 213. The zero-order chi connectivity index (χ0) is 10.9. The van der Waals surface area contributed by atoms with Crippen molar-refractivity contribution in [3.8, 4) is 0 Å². The van der Waals surface area contributed by atoms with Crippen LogP contribution in [0.2, 0.25) is 0 Å². The predicted octanol–water partition coefficient (Wildman–Crippen LogP) is 2.25. The van der Waals surface area contributed by atoms with Crippen LogP contribution in [-0.4, -0.2) is 36.6 Å². The summed E-state index contributed by atoms with van der Waals surface area (Å²) in [7, 11) is 2.08. The van der Waals surface area contributed by atoms with Crippen molar-refractivity contribution >= 4 is 0 Å². The standard InChI is InChI=1S/C13H26N2/c1-13(2,14-3)10-15-9-8-11-6-4-5-7-12(11)15/h11-12,14H,4-10H2,1-3H3. The van der Waals surface area contributed by atoms with Crippen LogP contribution in [0, 0.1) is 5.92 Å². The second-order valence-electron chi connectivity index (χ2n) is 6.00. The average molecular weight is 210 g/mol. The molecule has 1 N–H and O–H groups in total. The van der Waals surface area contributed by atoms with Gasteiger partial charge in [0.05, 0.1) is 0 Å². The highest BCUT2D eigenvalue weighted by Gasteiger charge is 2.37. The summed E-state index contributed by atoms with van der Waals surface area (Å²) < 4.78 is 0. The molecule has 2 atom stereocenters. The second kappa shape index (κ2) is 4.42. The molecule has 0 radical (unpaired) electrons. The van der Waals surface area contributed by atoms with E-state index in [0.29, 0.717) is 0 Å². The zero-order valence-corrected chi connectivity index (χ0v) is 10.6. The van der Waals surface area contributed by atoms with Crippen LogP contribution in [0.4, 0.5) is 0 Å². The van der Waals surface area contributed by atoms with Gasteiger partial charge < -0.3 is 5.32 Å². The van der Waals surface area contributed by atoms with Crippen LogP contribution in [0.5, 0.6) is 0 Å². The third-order valence-corrected chi connectivity index (χ3v) is 4.40. The van der Waals surface area contributed by atoms with Crippen LogP contribution in [-0.2, 0) is 0 Å². The van der Waals surface area contributed by atoms with E-state index in [0.717, 1.165) is 12.0 Å². The summed E-state index contributed by atoms with van der Waals surface area (Å²) in [5.41, 5.74) is 0.270. The SMILES string of the molecule is CNC(C)(C)CN1CCC2CCCCC21. The molecule has 0 aromatic heterocycles. The molecule has 0 amide bonds. The van der Waals surface area contributed by atoms with E-state index in [4.69, 9.17) is 0 Å². The molecule has 2 heteroatoms. The van der Waals surface area contributed by atoms with E-state index in [1.165, 1.54) is 45.2 Å². The Morgan fingerprint density at radius 3 is 2.67 bits per heavy atom. The summed E-state index contributed by atoms with van der Waals surface area (Å²) in [5.74, 6) is 1.02. The lowest BCUT2D eigenvalue weighted by Gasteiger charge is -2.36. The molecule has 1 saturated carbocycles. The smallest absolute Gasteiger partial charge is 0.0249 e. The molecule has 1 heterocycles. The largest absolute Gasteiger partial charge is 0.314 e. The van der Waals surface area contributed by atoms with Gasteiger partial charge in [0.2, 0.25) is 0 Å². The lowest BCUT2D eigenvalue weighted by molar-refractivity contribution is 0.147. The quantitative estimate of drug-likeness (QED) is 0.768. The first-order chi connectivity index (χ1) is 7.12. The highest BCUT2D eigenvalue weighted by Crippen LogP contribution is 2.36. The monoisotopic (exact) mass is 210 g/mol. The minimum Gasteiger partial charge on any atom is -0.314 e. The zero-order valence-electron chi connectivity index (χ0n) is 10.6. The Hall–Kier alpha value is -0.0800. The number of rotatable bonds is 3. The van der Waals surface area contributed by atoms with Gasteiger partial charge in [-0.3, -0.25) is 4.90 Å². The summed E-state index contributed by atoms with van der Waals surface area (Å²) in [6.07, 6.45) is 7.32. The van der Waals surface area contributed by atoms with E-state index in [-0.39, 0.29) is 5.54 Å². The fourth-order valence-corrected chi connectivity index (χ4v) is 3.29. The summed E-state index contributed by atoms with van der Waals surface area (Å²) in [4.78, 5) is 2.74. The van der Waals surface area contributed by atoms with Crippen molar-refractivity contribution in [2.45, 2.75) is 57.5 Å². The summed E-state index contributed by atoms with van der Waals surface area (Å²) >= 11 is 0. The first kappa shape index (κ1) is 11.4. The summed E-state index contributed by atoms with van der Waals surface area (Å²) in [5, 5.41) is 3.42. The van der Waals surface area contributed by atoms with Gasteiger partial charge in [-0.25, -0.2) is 0 Å². The molecule has 2 aliphatic rings. The molecule has 2 rings (SSSR count). The number of hydrogen-bond acceptors (Lipinski definition) is 2. The molecule has 88 valence electrons. The Morgan fingerprint density at radius 2 is 1.93 bits per heavy atom. The molecule has 0 aromatic rings. The Balaban J connectivity index is 1.93. The predicted molar refractivity (Wildman–Crippen MR) is 65.1 cm³/mol. The fraction of sp³-hybridized carbons (Fsp3) is 1.00. The van der Waals surface area contributed by atoms with E-state index in [1.54, 1.807) is 0 Å². The van der Waals surface area contributed by atoms with Crippen molar-refractivity contribution in [1.82, 2.24) is 10.2 Å². The Labute approximate surface area is 94.4 Å². The average Bonchev–Trinajstić information content (AvgIpc) is 2.62. The minimum atomic E-state index is 0.270. The maximum atomic E-state index is 3.42. The van der Waals surface area contributed by atoms with Gasteiger partial charge in [-0.2, -0.15) is 0 Å². The van der Waals surface area contributed by atoms with Gasteiger partial charge in [-0.15, -0.1) is 0 Å². The van der Waals surface area contributed by atoms with Crippen LogP contribution >= 0.6 is 0 Å². The van der Waals surface area contributed by atoms with Gasteiger partial charge in [0.25, 0.3) is 0 Å². The molecule has 1 saturated heterocycles. The highest BCUT2D eigenvalue weighted by molar-refractivity contribution is 4.93. The molecule has 15 heavy (non-hydrogen) atoms. The molecule has 2 unspecified atom stereocenters. The number of likely N-dealkylation sites (N-methyl/N-ethyl adjacent to an activating group) is 1. The first-order valence-electron chi connectivity index (χ1n) is 6.55. The van der Waals surface area contributed by atoms with Crippen molar-refractivity contribution in [2.75, 3.05) is 20.1 Å². The van der Waals surface area contributed by atoms with Crippen LogP contribution in [0.1, 0.15) is 46.0 Å². The fourth-order valence-electron chi connectivity index (χ4n) is 3.29. The topological polar surface area (TPSA) is 15.3 Å². The normalized spacial score (nSPS) is 33.0. The van der Waals surface area contributed by atoms with Gasteiger partial charge in [0.15, 0.2) is 0 Å². The molecule has 0 bridgehead atoms. The molecular formula is C13H26N2. The van der Waals surface area contributed by atoms with Crippen LogP contribution < -0.4 is 5.32 Å². The summed E-state index contributed by atoms with van der Waals surface area (Å²) in [6.45, 7) is 7.16. The Kier molecular flexibility index (Phi) is 3.36. The number of nitrogens with zero attached hydrogens (tertiary/aromatic N) is 1. The van der Waals surface area contributed by atoms with Gasteiger partial charge in [0.1, 0.15) is 0 Å². The van der Waals surface area contributed by atoms with Crippen LogP contribution in [0.3, 0.4) is 0 Å². The van der Waals surface area contributed by atoms with Gasteiger partial charge in [-0.05, 0) is 52.6 Å². The van der Waals surface area contributed by atoms with E-state index in [2.05, 4.69) is 31.1 Å². The van der Waals surface area contributed by atoms with Crippen molar-refractivity contribution < 1.29 is 0 Å². The van der Waals surface area contributed by atoms with Crippen molar-refractivity contribution in [2.24, 2.45) is 5.92 Å². The molecule has 1 aliphatic heterocycles. The van der Waals surface area contributed by atoms with Crippen molar-refractivity contribution in [1.29, 1.82) is 0 Å². The van der Waals surface area contributed by atoms with E-state index >= 15 is 0 Å². The minimum absolute atomic E-state index is 0.270. The first-order valence-corrected chi connectivity index (χ1v) is 6.55. The third kappa shape index (κ3) is 2.54. The molecule has 2 fully saturated rings. The molecular weight excluding hydrogens is 184 g/mol. The maximum Gasteiger partial charge on any atom is 0.0249 e. The summed E-state index contributed by atoms with van der Waals surface area (Å²) in [6, 6.07) is 0.909. The van der Waals surface area contributed by atoms with Crippen molar-refractivity contribution in [3.05, 3.63) is 0 Å². The number of likely N-dealkylation sites (tertiary alicyclic amines) is 1. The third-order valence-electron chi connectivity index (χ3n) is 4.40. The van der Waals surface area contributed by atoms with E-state index < -0.39 is 0 Å². The lowest BCUT2D eigenvalue weighted by Crippen LogP contribution is -2.49. The molecule has 1 aliphatic carbocycles. The van der Waals surface area contributed by atoms with Crippen LogP contribution in [0.15, 0.2) is 0 Å². The van der Waals surface area contributed by atoms with Gasteiger partial charge in [0, 0.05) is 18.1 Å². The lowest BCUT2D eigenvalue weighted by atomic mass is 9.85. The number of nitrogens with one attached hydrogen (secondary N) is 1. The molecule has 0 spiro atoms. The van der Waals surface area contributed by atoms with E-state index in [9.17, 15) is 0 Å².